The smallest absolute Gasteiger partial charge is 0.265 e. The van der Waals surface area contributed by atoms with Gasteiger partial charge in [-0.3, -0.25) is 9.52 Å². The van der Waals surface area contributed by atoms with Crippen molar-refractivity contribution in [1.29, 1.82) is 0 Å². The van der Waals surface area contributed by atoms with Gasteiger partial charge in [0.15, 0.2) is 0 Å². The molecule has 0 aliphatic carbocycles. The van der Waals surface area contributed by atoms with Gasteiger partial charge in [-0.1, -0.05) is 18.2 Å². The molecule has 41 heavy (non-hydrogen) atoms. The van der Waals surface area contributed by atoms with Crippen molar-refractivity contribution >= 4 is 27.3 Å². The molecule has 0 fully saturated rings. The van der Waals surface area contributed by atoms with Crippen LogP contribution in [0.25, 0.3) is 11.1 Å². The lowest BCUT2D eigenvalue weighted by atomic mass is 10.0. The first-order valence-corrected chi connectivity index (χ1v) is 14.0. The van der Waals surface area contributed by atoms with E-state index in [1.54, 1.807) is 54.6 Å². The second kappa shape index (κ2) is 13.1. The van der Waals surface area contributed by atoms with Gasteiger partial charge in [0.2, 0.25) is 0 Å². The normalized spacial score (nSPS) is 10.9. The molecule has 0 atom stereocenters. The molecule has 11 heteroatoms. The quantitative estimate of drug-likeness (QED) is 0.199. The molecule has 214 valence electrons. The molecule has 0 spiro atoms. The summed E-state index contributed by atoms with van der Waals surface area (Å²) in [7, 11) is 0.229. The van der Waals surface area contributed by atoms with Crippen LogP contribution in [0.4, 0.5) is 15.8 Å². The molecule has 0 radical (unpaired) electrons. The first-order chi connectivity index (χ1) is 19.7. The molecule has 4 rings (SSSR count). The van der Waals surface area contributed by atoms with Gasteiger partial charge in [-0.15, -0.1) is 0 Å². The van der Waals surface area contributed by atoms with Crippen LogP contribution in [0.1, 0.15) is 10.4 Å². The van der Waals surface area contributed by atoms with Gasteiger partial charge in [0.25, 0.3) is 15.9 Å². The molecule has 0 aromatic heterocycles. The molecule has 0 heterocycles. The van der Waals surface area contributed by atoms with Gasteiger partial charge in [0.05, 0.1) is 27.0 Å². The largest absolute Gasteiger partial charge is 0.497 e. The Morgan fingerprint density at radius 3 is 2.27 bits per heavy atom. The van der Waals surface area contributed by atoms with Gasteiger partial charge in [0.1, 0.15) is 28.0 Å². The molecule has 0 bridgehead atoms. The number of carbonyl (C=O) groups excluding carboxylic acids is 1. The molecular weight excluding hydrogens is 549 g/mol. The number of ether oxygens (including phenoxy) is 3. The van der Waals surface area contributed by atoms with Crippen molar-refractivity contribution < 1.29 is 31.8 Å². The van der Waals surface area contributed by atoms with Crippen LogP contribution < -0.4 is 29.6 Å². The lowest BCUT2D eigenvalue weighted by Gasteiger charge is -2.15. The van der Waals surface area contributed by atoms with E-state index in [0.29, 0.717) is 47.1 Å². The highest BCUT2D eigenvalue weighted by Gasteiger charge is 2.22. The summed E-state index contributed by atoms with van der Waals surface area (Å²) >= 11 is 0. The maximum atomic E-state index is 14.6. The number of amides is 1. The second-order valence-electron chi connectivity index (χ2n) is 8.81. The molecule has 4 aromatic rings. The Labute approximate surface area is 238 Å². The van der Waals surface area contributed by atoms with E-state index in [2.05, 4.69) is 15.4 Å². The molecule has 0 saturated heterocycles. The number of carbonyl (C=O) groups is 1. The van der Waals surface area contributed by atoms with Gasteiger partial charge in [-0.05, 0) is 72.3 Å². The van der Waals surface area contributed by atoms with E-state index in [4.69, 9.17) is 14.2 Å². The van der Waals surface area contributed by atoms with Gasteiger partial charge < -0.3 is 24.8 Å². The number of methoxy groups -OCH3 is 3. The Balaban J connectivity index is 1.45. The number of rotatable bonds is 12. The summed E-state index contributed by atoms with van der Waals surface area (Å²) in [6.45, 7) is 0.727. The summed E-state index contributed by atoms with van der Waals surface area (Å²) in [5.41, 5.74) is 1.95. The maximum absolute atomic E-state index is 14.6. The topological polar surface area (TPSA) is 115 Å². The van der Waals surface area contributed by atoms with E-state index >= 15 is 0 Å². The van der Waals surface area contributed by atoms with E-state index in [9.17, 15) is 17.6 Å². The van der Waals surface area contributed by atoms with Gasteiger partial charge in [-0.2, -0.15) is 0 Å². The molecule has 1 amide bonds. The first kappa shape index (κ1) is 29.2. The van der Waals surface area contributed by atoms with Crippen LogP contribution in [0.15, 0.2) is 89.8 Å². The monoisotopic (exact) mass is 579 g/mol. The zero-order chi connectivity index (χ0) is 29.4. The fourth-order valence-electron chi connectivity index (χ4n) is 4.06. The van der Waals surface area contributed by atoms with E-state index in [0.717, 1.165) is 0 Å². The number of hydrogen-bond donors (Lipinski definition) is 3. The van der Waals surface area contributed by atoms with Crippen molar-refractivity contribution in [3.05, 3.63) is 96.3 Å². The van der Waals surface area contributed by atoms with Crippen LogP contribution in [-0.4, -0.2) is 48.7 Å². The number of hydrogen-bond acceptors (Lipinski definition) is 7. The van der Waals surface area contributed by atoms with Gasteiger partial charge >= 0.3 is 0 Å². The summed E-state index contributed by atoms with van der Waals surface area (Å²) in [4.78, 5) is 12.2. The standard InChI is InChI=1S/C30H30FN3O6S/c1-38-24-9-4-6-21(16-24)30(35)33-15-14-32-22-7-5-8-23(18-22)34-41(36,37)29-17-20(10-13-28(29)40-3)26-19-25(39-2)11-12-27(26)31/h4-13,16-19,32,34H,14-15H2,1-3H3,(H,33,35). The molecule has 4 aromatic carbocycles. The zero-order valence-corrected chi connectivity index (χ0v) is 23.5. The van der Waals surface area contributed by atoms with Crippen LogP contribution >= 0.6 is 0 Å². The Kier molecular flexibility index (Phi) is 9.30. The van der Waals surface area contributed by atoms with Crippen molar-refractivity contribution in [2.75, 3.05) is 44.5 Å². The molecule has 0 aliphatic heterocycles. The highest BCUT2D eigenvalue weighted by molar-refractivity contribution is 7.92. The maximum Gasteiger partial charge on any atom is 0.265 e. The molecule has 0 aliphatic rings. The Morgan fingerprint density at radius 2 is 1.51 bits per heavy atom. The van der Waals surface area contributed by atoms with E-state index in [-0.39, 0.29) is 22.1 Å². The van der Waals surface area contributed by atoms with Crippen molar-refractivity contribution in [3.8, 4) is 28.4 Å². The Bertz CT molecular complexity index is 1650. The molecule has 0 saturated carbocycles. The zero-order valence-electron chi connectivity index (χ0n) is 22.7. The SMILES string of the molecule is COc1cccc(C(=O)NCCNc2cccc(NS(=O)(=O)c3cc(-c4cc(OC)ccc4F)ccc3OC)c2)c1. The summed E-state index contributed by atoms with van der Waals surface area (Å²) in [6, 6.07) is 22.2. The van der Waals surface area contributed by atoms with E-state index < -0.39 is 15.8 Å². The third-order valence-electron chi connectivity index (χ3n) is 6.12. The van der Waals surface area contributed by atoms with Crippen LogP contribution in [0.3, 0.4) is 0 Å². The van der Waals surface area contributed by atoms with E-state index in [1.165, 1.54) is 51.7 Å². The highest BCUT2D eigenvalue weighted by Crippen LogP contribution is 2.34. The second-order valence-corrected chi connectivity index (χ2v) is 10.5. The van der Waals surface area contributed by atoms with Crippen molar-refractivity contribution in [1.82, 2.24) is 5.32 Å². The molecule has 3 N–H and O–H groups in total. The van der Waals surface area contributed by atoms with Crippen LogP contribution in [0.5, 0.6) is 17.2 Å². The molecule has 9 nitrogen and oxygen atoms in total. The molecule has 0 unspecified atom stereocenters. The first-order valence-electron chi connectivity index (χ1n) is 12.5. The number of nitrogens with one attached hydrogen (secondary N) is 3. The third-order valence-corrected chi connectivity index (χ3v) is 7.53. The van der Waals surface area contributed by atoms with Gasteiger partial charge in [-0.25, -0.2) is 12.8 Å². The highest BCUT2D eigenvalue weighted by atomic mass is 32.2. The number of halogens is 1. The van der Waals surface area contributed by atoms with Gasteiger partial charge in [0, 0.05) is 29.9 Å². The lowest BCUT2D eigenvalue weighted by Crippen LogP contribution is -2.28. The Hall–Kier alpha value is -4.77. The third kappa shape index (κ3) is 7.25. The number of sulfonamides is 1. The van der Waals surface area contributed by atoms with Crippen molar-refractivity contribution in [3.63, 3.8) is 0 Å². The summed E-state index contributed by atoms with van der Waals surface area (Å²) < 4.78 is 59.6. The lowest BCUT2D eigenvalue weighted by molar-refractivity contribution is 0.0955. The van der Waals surface area contributed by atoms with Crippen LogP contribution in [0.2, 0.25) is 0 Å². The summed E-state index contributed by atoms with van der Waals surface area (Å²) in [6.07, 6.45) is 0. The predicted molar refractivity (Wildman–Crippen MR) is 156 cm³/mol. The average molecular weight is 580 g/mol. The number of benzene rings is 4. The van der Waals surface area contributed by atoms with Crippen molar-refractivity contribution in [2.24, 2.45) is 0 Å². The minimum absolute atomic E-state index is 0.102. The minimum atomic E-state index is -4.13. The summed E-state index contributed by atoms with van der Waals surface area (Å²) in [5, 5.41) is 5.98. The number of anilines is 2. The van der Waals surface area contributed by atoms with Crippen molar-refractivity contribution in [2.45, 2.75) is 4.90 Å². The van der Waals surface area contributed by atoms with Crippen LogP contribution in [-0.2, 0) is 10.0 Å². The van der Waals surface area contributed by atoms with E-state index in [1.807, 2.05) is 0 Å². The fourth-order valence-corrected chi connectivity index (χ4v) is 5.30. The molecular formula is C30H30FN3O6S. The van der Waals surface area contributed by atoms with Crippen LogP contribution in [0, 0.1) is 5.82 Å². The summed E-state index contributed by atoms with van der Waals surface area (Å²) in [5.74, 6) is 0.365. The Morgan fingerprint density at radius 1 is 0.780 bits per heavy atom. The fraction of sp³-hybridized carbons (Fsp3) is 0.167. The predicted octanol–water partition coefficient (Wildman–Crippen LogP) is 5.16. The average Bonchev–Trinajstić information content (AvgIpc) is 2.99. The minimum Gasteiger partial charge on any atom is -0.497 e.